The van der Waals surface area contributed by atoms with Crippen molar-refractivity contribution in [1.82, 2.24) is 10.2 Å². The number of phenolic OH excluding ortho intramolecular Hbond substituents is 1. The lowest BCUT2D eigenvalue weighted by atomic mass is 9.97. The summed E-state index contributed by atoms with van der Waals surface area (Å²) in [4.78, 5) is 42.5. The Bertz CT molecular complexity index is 1160. The van der Waals surface area contributed by atoms with Crippen LogP contribution in [0.3, 0.4) is 0 Å². The van der Waals surface area contributed by atoms with E-state index in [0.29, 0.717) is 23.6 Å². The Balaban J connectivity index is 2.61. The smallest absolute Gasteiger partial charge is 0.408 e. The lowest BCUT2D eigenvalue weighted by Gasteiger charge is -2.38. The summed E-state index contributed by atoms with van der Waals surface area (Å²) >= 11 is 4.36. The Morgan fingerprint density at radius 3 is 2.12 bits per heavy atom. The molecule has 2 aromatic carbocycles. The number of ether oxygens (including phenoxy) is 1. The van der Waals surface area contributed by atoms with Gasteiger partial charge in [0.15, 0.2) is 0 Å². The second-order valence-corrected chi connectivity index (χ2v) is 12.1. The molecule has 3 atom stereocenters. The third kappa shape index (κ3) is 9.47. The van der Waals surface area contributed by atoms with Gasteiger partial charge < -0.3 is 25.4 Å². The molecule has 40 heavy (non-hydrogen) atoms. The van der Waals surface area contributed by atoms with Crippen molar-refractivity contribution in [3.63, 3.8) is 0 Å². The van der Waals surface area contributed by atoms with E-state index >= 15 is 0 Å². The van der Waals surface area contributed by atoms with E-state index in [1.165, 1.54) is 17.0 Å². The zero-order valence-electron chi connectivity index (χ0n) is 24.9. The van der Waals surface area contributed by atoms with Crippen molar-refractivity contribution in [3.05, 3.63) is 59.2 Å². The first-order valence-electron chi connectivity index (χ1n) is 13.7. The van der Waals surface area contributed by atoms with Crippen LogP contribution in [0.5, 0.6) is 5.75 Å². The molecule has 3 N–H and O–H groups in total. The highest BCUT2D eigenvalue weighted by atomic mass is 32.1. The Hall–Kier alpha value is -3.20. The summed E-state index contributed by atoms with van der Waals surface area (Å²) in [6.45, 7) is 15.1. The molecule has 2 aromatic rings. The standard InChI is InChI=1S/C31H45N3O5S/c1-19(2)15-16-22(5)34(29(37)25(18-40)32-30(38)39-31(6,7)8)27(23-13-10-14-24(35)17-23)28(36)33-26-20(3)11-9-12-21(26)4/h9-14,17,19,22,25,27,35,40H,15-16,18H2,1-8H3,(H,32,38)(H,33,36). The summed E-state index contributed by atoms with van der Waals surface area (Å²) in [6.07, 6.45) is 0.700. The number of aromatic hydroxyl groups is 1. The Labute approximate surface area is 244 Å². The van der Waals surface area contributed by atoms with Gasteiger partial charge in [0.25, 0.3) is 5.91 Å². The average Bonchev–Trinajstić information content (AvgIpc) is 2.85. The summed E-state index contributed by atoms with van der Waals surface area (Å²) < 4.78 is 5.39. The number of hydrogen-bond acceptors (Lipinski definition) is 6. The fourth-order valence-electron chi connectivity index (χ4n) is 4.46. The van der Waals surface area contributed by atoms with Crippen molar-refractivity contribution >= 4 is 36.2 Å². The zero-order valence-corrected chi connectivity index (χ0v) is 25.8. The van der Waals surface area contributed by atoms with Crippen LogP contribution in [-0.2, 0) is 14.3 Å². The first-order valence-corrected chi connectivity index (χ1v) is 14.4. The fraction of sp³-hybridized carbons (Fsp3) is 0.516. The molecule has 0 radical (unpaired) electrons. The van der Waals surface area contributed by atoms with Gasteiger partial charge in [-0.25, -0.2) is 4.79 Å². The molecule has 0 spiro atoms. The predicted molar refractivity (Wildman–Crippen MR) is 163 cm³/mol. The van der Waals surface area contributed by atoms with Gasteiger partial charge in [0.1, 0.15) is 23.4 Å². The number of alkyl carbamates (subject to hydrolysis) is 1. The van der Waals surface area contributed by atoms with Gasteiger partial charge in [-0.15, -0.1) is 0 Å². The average molecular weight is 572 g/mol. The number of amides is 3. The lowest BCUT2D eigenvalue weighted by Crippen LogP contribution is -2.55. The van der Waals surface area contributed by atoms with Crippen molar-refractivity contribution < 1.29 is 24.2 Å². The molecule has 0 fully saturated rings. The van der Waals surface area contributed by atoms with Gasteiger partial charge in [-0.2, -0.15) is 12.6 Å². The molecular weight excluding hydrogens is 526 g/mol. The van der Waals surface area contributed by atoms with E-state index in [-0.39, 0.29) is 17.5 Å². The zero-order chi connectivity index (χ0) is 30.2. The summed E-state index contributed by atoms with van der Waals surface area (Å²) in [5.74, 6) is -0.550. The van der Waals surface area contributed by atoms with E-state index in [1.807, 2.05) is 39.0 Å². The van der Waals surface area contributed by atoms with Gasteiger partial charge in [-0.05, 0) is 89.1 Å². The van der Waals surface area contributed by atoms with E-state index in [9.17, 15) is 19.5 Å². The van der Waals surface area contributed by atoms with Crippen molar-refractivity contribution in [2.45, 2.75) is 92.0 Å². The number of rotatable bonds is 11. The normalized spacial score (nSPS) is 13.8. The number of carbonyl (C=O) groups excluding carboxylic acids is 3. The molecule has 9 heteroatoms. The van der Waals surface area contributed by atoms with E-state index in [4.69, 9.17) is 4.74 Å². The molecule has 0 saturated heterocycles. The summed E-state index contributed by atoms with van der Waals surface area (Å²) in [7, 11) is 0. The van der Waals surface area contributed by atoms with Crippen LogP contribution in [0.4, 0.5) is 10.5 Å². The molecule has 2 rings (SSSR count). The van der Waals surface area contributed by atoms with Crippen LogP contribution in [0.15, 0.2) is 42.5 Å². The second-order valence-electron chi connectivity index (χ2n) is 11.7. The van der Waals surface area contributed by atoms with Crippen LogP contribution >= 0.6 is 12.6 Å². The molecule has 0 bridgehead atoms. The Kier molecular flexibility index (Phi) is 11.9. The third-order valence-electron chi connectivity index (χ3n) is 6.50. The number of thiol groups is 1. The molecule has 3 amide bonds. The second kappa shape index (κ2) is 14.4. The monoisotopic (exact) mass is 571 g/mol. The van der Waals surface area contributed by atoms with Crippen LogP contribution < -0.4 is 10.6 Å². The van der Waals surface area contributed by atoms with Crippen molar-refractivity contribution in [2.24, 2.45) is 5.92 Å². The number of benzene rings is 2. The minimum absolute atomic E-state index is 0.00322. The predicted octanol–water partition coefficient (Wildman–Crippen LogP) is 6.17. The van der Waals surface area contributed by atoms with Crippen LogP contribution in [-0.4, -0.2) is 51.4 Å². The van der Waals surface area contributed by atoms with E-state index in [2.05, 4.69) is 37.1 Å². The number of hydrogen-bond donors (Lipinski definition) is 4. The fourth-order valence-corrected chi connectivity index (χ4v) is 4.71. The van der Waals surface area contributed by atoms with Gasteiger partial charge in [0.05, 0.1) is 0 Å². The molecule has 0 aliphatic heterocycles. The molecule has 0 aliphatic carbocycles. The maximum Gasteiger partial charge on any atom is 0.408 e. The van der Waals surface area contributed by atoms with Crippen molar-refractivity contribution in [2.75, 3.05) is 11.1 Å². The third-order valence-corrected chi connectivity index (χ3v) is 6.87. The summed E-state index contributed by atoms with van der Waals surface area (Å²) in [5, 5.41) is 16.0. The molecule has 0 aromatic heterocycles. The van der Waals surface area contributed by atoms with Crippen LogP contribution in [0, 0.1) is 19.8 Å². The van der Waals surface area contributed by atoms with E-state index in [0.717, 1.165) is 17.5 Å². The van der Waals surface area contributed by atoms with Crippen LogP contribution in [0.25, 0.3) is 0 Å². The number of carbonyl (C=O) groups is 3. The number of nitrogens with one attached hydrogen (secondary N) is 2. The number of aryl methyl sites for hydroxylation is 2. The first-order chi connectivity index (χ1) is 18.6. The number of para-hydroxylation sites is 1. The van der Waals surface area contributed by atoms with Gasteiger partial charge in [0.2, 0.25) is 5.91 Å². The lowest BCUT2D eigenvalue weighted by molar-refractivity contribution is -0.143. The minimum Gasteiger partial charge on any atom is -0.508 e. The number of anilines is 1. The van der Waals surface area contributed by atoms with Gasteiger partial charge in [-0.3, -0.25) is 9.59 Å². The van der Waals surface area contributed by atoms with E-state index < -0.39 is 35.6 Å². The first kappa shape index (κ1) is 33.0. The highest BCUT2D eigenvalue weighted by Crippen LogP contribution is 2.31. The van der Waals surface area contributed by atoms with Crippen molar-refractivity contribution in [1.29, 1.82) is 0 Å². The molecular formula is C31H45N3O5S. The molecule has 0 saturated carbocycles. The topological polar surface area (TPSA) is 108 Å². The SMILES string of the molecule is Cc1cccc(C)c1NC(=O)C(c1cccc(O)c1)N(C(=O)C(CS)NC(=O)OC(C)(C)C)C(C)CCC(C)C. The van der Waals surface area contributed by atoms with Gasteiger partial charge in [-0.1, -0.05) is 44.2 Å². The maximum atomic E-state index is 14.2. The van der Waals surface area contributed by atoms with Gasteiger partial charge >= 0.3 is 6.09 Å². The summed E-state index contributed by atoms with van der Waals surface area (Å²) in [5.41, 5.74) is 2.12. The summed E-state index contributed by atoms with van der Waals surface area (Å²) in [6, 6.07) is 9.55. The maximum absolute atomic E-state index is 14.2. The Morgan fingerprint density at radius 2 is 1.60 bits per heavy atom. The molecule has 0 heterocycles. The minimum atomic E-state index is -1.09. The quantitative estimate of drug-likeness (QED) is 0.242. The Morgan fingerprint density at radius 1 is 1.00 bits per heavy atom. The van der Waals surface area contributed by atoms with Gasteiger partial charge in [0, 0.05) is 17.5 Å². The largest absolute Gasteiger partial charge is 0.508 e. The number of phenols is 1. The van der Waals surface area contributed by atoms with Crippen LogP contribution in [0.2, 0.25) is 0 Å². The highest BCUT2D eigenvalue weighted by Gasteiger charge is 2.39. The highest BCUT2D eigenvalue weighted by molar-refractivity contribution is 7.80. The number of nitrogens with zero attached hydrogens (tertiary/aromatic N) is 1. The van der Waals surface area contributed by atoms with Crippen molar-refractivity contribution in [3.8, 4) is 5.75 Å². The molecule has 8 nitrogen and oxygen atoms in total. The van der Waals surface area contributed by atoms with Crippen LogP contribution in [0.1, 0.15) is 77.1 Å². The molecule has 220 valence electrons. The molecule has 3 unspecified atom stereocenters. The molecule has 0 aliphatic rings. The van der Waals surface area contributed by atoms with E-state index in [1.54, 1.807) is 32.9 Å².